The SMILES string of the molecule is CC(Sc1nnc(N2CCOCC2)n1-c1ccccc1)C(=O)NC(C)c1ccc(F)cc1. The first kappa shape index (κ1) is 22.3. The van der Waals surface area contributed by atoms with Gasteiger partial charge in [-0.25, -0.2) is 4.39 Å². The summed E-state index contributed by atoms with van der Waals surface area (Å²) >= 11 is 1.36. The Balaban J connectivity index is 1.52. The van der Waals surface area contributed by atoms with Crippen molar-refractivity contribution in [2.75, 3.05) is 31.2 Å². The summed E-state index contributed by atoms with van der Waals surface area (Å²) in [7, 11) is 0. The lowest BCUT2D eigenvalue weighted by molar-refractivity contribution is -0.120. The molecule has 3 aromatic rings. The summed E-state index contributed by atoms with van der Waals surface area (Å²) in [6, 6.07) is 15.8. The van der Waals surface area contributed by atoms with Crippen molar-refractivity contribution < 1.29 is 13.9 Å². The van der Waals surface area contributed by atoms with E-state index in [1.165, 1.54) is 23.9 Å². The molecule has 0 radical (unpaired) electrons. The smallest absolute Gasteiger partial charge is 0.233 e. The molecule has 2 aromatic carbocycles. The van der Waals surface area contributed by atoms with Crippen LogP contribution in [0.3, 0.4) is 0 Å². The second kappa shape index (κ2) is 10.1. The minimum atomic E-state index is -0.401. The first-order chi connectivity index (χ1) is 15.5. The van der Waals surface area contributed by atoms with E-state index in [0.29, 0.717) is 18.4 Å². The van der Waals surface area contributed by atoms with Crippen molar-refractivity contribution in [3.63, 3.8) is 0 Å². The summed E-state index contributed by atoms with van der Waals surface area (Å²) in [6.07, 6.45) is 0. The van der Waals surface area contributed by atoms with Gasteiger partial charge in [-0.3, -0.25) is 9.36 Å². The quantitative estimate of drug-likeness (QED) is 0.549. The van der Waals surface area contributed by atoms with Gasteiger partial charge < -0.3 is 15.0 Å². The molecule has 0 spiro atoms. The van der Waals surface area contributed by atoms with Gasteiger partial charge in [-0.15, -0.1) is 10.2 Å². The predicted molar refractivity (Wildman–Crippen MR) is 123 cm³/mol. The second-order valence-electron chi connectivity index (χ2n) is 7.59. The second-order valence-corrected chi connectivity index (χ2v) is 8.90. The van der Waals surface area contributed by atoms with E-state index in [0.717, 1.165) is 30.3 Å². The number of hydrogen-bond donors (Lipinski definition) is 1. The highest BCUT2D eigenvalue weighted by Crippen LogP contribution is 2.30. The number of para-hydroxylation sites is 1. The number of benzene rings is 2. The minimum absolute atomic E-state index is 0.123. The molecule has 2 atom stereocenters. The number of halogens is 1. The number of rotatable bonds is 7. The third kappa shape index (κ3) is 5.11. The van der Waals surface area contributed by atoms with Crippen LogP contribution in [0.15, 0.2) is 59.8 Å². The number of aromatic nitrogens is 3. The summed E-state index contributed by atoms with van der Waals surface area (Å²) in [4.78, 5) is 15.0. The predicted octanol–water partition coefficient (Wildman–Crippen LogP) is 3.60. The monoisotopic (exact) mass is 455 g/mol. The lowest BCUT2D eigenvalue weighted by Gasteiger charge is -2.28. The number of carbonyl (C=O) groups is 1. The lowest BCUT2D eigenvalue weighted by atomic mass is 10.1. The van der Waals surface area contributed by atoms with Crippen molar-refractivity contribution in [3.05, 3.63) is 66.0 Å². The average molecular weight is 456 g/mol. The number of carbonyl (C=O) groups excluding carboxylic acids is 1. The highest BCUT2D eigenvalue weighted by atomic mass is 32.2. The van der Waals surface area contributed by atoms with Crippen LogP contribution in [0.1, 0.15) is 25.5 Å². The Bertz CT molecular complexity index is 1040. The van der Waals surface area contributed by atoms with E-state index in [1.54, 1.807) is 12.1 Å². The highest BCUT2D eigenvalue weighted by molar-refractivity contribution is 8.00. The summed E-state index contributed by atoms with van der Waals surface area (Å²) in [6.45, 7) is 6.48. The van der Waals surface area contributed by atoms with E-state index in [4.69, 9.17) is 4.74 Å². The largest absolute Gasteiger partial charge is 0.378 e. The summed E-state index contributed by atoms with van der Waals surface area (Å²) in [5, 5.41) is 12.1. The number of hydrogen-bond acceptors (Lipinski definition) is 6. The maximum Gasteiger partial charge on any atom is 0.233 e. The van der Waals surface area contributed by atoms with Crippen LogP contribution in [-0.4, -0.2) is 52.2 Å². The molecule has 4 rings (SSSR count). The van der Waals surface area contributed by atoms with E-state index in [1.807, 2.05) is 48.7 Å². The zero-order valence-electron chi connectivity index (χ0n) is 18.1. The number of amides is 1. The van der Waals surface area contributed by atoms with Gasteiger partial charge in [0.2, 0.25) is 11.9 Å². The van der Waals surface area contributed by atoms with E-state index in [-0.39, 0.29) is 17.8 Å². The molecule has 2 heterocycles. The Morgan fingerprint density at radius 1 is 1.06 bits per heavy atom. The van der Waals surface area contributed by atoms with Crippen molar-refractivity contribution in [2.45, 2.75) is 30.3 Å². The van der Waals surface area contributed by atoms with Gasteiger partial charge in [0.15, 0.2) is 5.16 Å². The molecule has 1 fully saturated rings. The molecule has 1 aliphatic heterocycles. The Labute approximate surface area is 191 Å². The normalized spacial score (nSPS) is 15.9. The van der Waals surface area contributed by atoms with Crippen LogP contribution in [0, 0.1) is 5.82 Å². The van der Waals surface area contributed by atoms with E-state index in [9.17, 15) is 9.18 Å². The molecule has 168 valence electrons. The Morgan fingerprint density at radius 3 is 2.44 bits per heavy atom. The van der Waals surface area contributed by atoms with Crippen LogP contribution in [-0.2, 0) is 9.53 Å². The Hall–Kier alpha value is -2.91. The van der Waals surface area contributed by atoms with E-state index >= 15 is 0 Å². The van der Waals surface area contributed by atoms with Gasteiger partial charge in [0, 0.05) is 13.1 Å². The summed E-state index contributed by atoms with van der Waals surface area (Å²) < 4.78 is 20.6. The van der Waals surface area contributed by atoms with Gasteiger partial charge in [-0.2, -0.15) is 0 Å². The average Bonchev–Trinajstić information content (AvgIpc) is 3.24. The van der Waals surface area contributed by atoms with Crippen molar-refractivity contribution >= 4 is 23.6 Å². The van der Waals surface area contributed by atoms with Crippen molar-refractivity contribution in [3.8, 4) is 5.69 Å². The zero-order chi connectivity index (χ0) is 22.5. The molecule has 32 heavy (non-hydrogen) atoms. The molecule has 1 aromatic heterocycles. The van der Waals surface area contributed by atoms with Crippen LogP contribution in [0.5, 0.6) is 0 Å². The third-order valence-electron chi connectivity index (χ3n) is 5.30. The fourth-order valence-corrected chi connectivity index (χ4v) is 4.36. The molecular formula is C23H26FN5O2S. The van der Waals surface area contributed by atoms with Crippen LogP contribution in [0.25, 0.3) is 5.69 Å². The summed E-state index contributed by atoms with van der Waals surface area (Å²) in [5.74, 6) is 0.323. The number of nitrogens with one attached hydrogen (secondary N) is 1. The fraction of sp³-hybridized carbons (Fsp3) is 0.348. The van der Waals surface area contributed by atoms with Gasteiger partial charge in [0.25, 0.3) is 0 Å². The maximum absolute atomic E-state index is 13.2. The molecule has 0 bridgehead atoms. The van der Waals surface area contributed by atoms with E-state index in [2.05, 4.69) is 20.4 Å². The molecule has 7 nitrogen and oxygen atoms in total. The molecule has 1 saturated heterocycles. The highest BCUT2D eigenvalue weighted by Gasteiger charge is 2.25. The standard InChI is InChI=1S/C23H26FN5O2S/c1-16(18-8-10-19(24)11-9-18)25-21(30)17(2)32-23-27-26-22(28-12-14-31-15-13-28)29(23)20-6-4-3-5-7-20/h3-11,16-17H,12-15H2,1-2H3,(H,25,30). The Morgan fingerprint density at radius 2 is 1.75 bits per heavy atom. The van der Waals surface area contributed by atoms with Gasteiger partial charge in [-0.05, 0) is 43.7 Å². The molecule has 9 heteroatoms. The van der Waals surface area contributed by atoms with Gasteiger partial charge in [0.1, 0.15) is 5.82 Å². The Kier molecular flexibility index (Phi) is 7.06. The molecule has 2 unspecified atom stereocenters. The van der Waals surface area contributed by atoms with Crippen molar-refractivity contribution in [1.82, 2.24) is 20.1 Å². The van der Waals surface area contributed by atoms with Crippen LogP contribution in [0.2, 0.25) is 0 Å². The number of anilines is 1. The molecule has 1 N–H and O–H groups in total. The van der Waals surface area contributed by atoms with E-state index < -0.39 is 5.25 Å². The number of thioether (sulfide) groups is 1. The number of ether oxygens (including phenoxy) is 1. The van der Waals surface area contributed by atoms with Gasteiger partial charge in [0.05, 0.1) is 30.2 Å². The molecule has 1 amide bonds. The lowest BCUT2D eigenvalue weighted by Crippen LogP contribution is -2.38. The zero-order valence-corrected chi connectivity index (χ0v) is 18.9. The van der Waals surface area contributed by atoms with Gasteiger partial charge >= 0.3 is 0 Å². The van der Waals surface area contributed by atoms with Crippen molar-refractivity contribution in [2.24, 2.45) is 0 Å². The fourth-order valence-electron chi connectivity index (χ4n) is 3.49. The minimum Gasteiger partial charge on any atom is -0.378 e. The van der Waals surface area contributed by atoms with Gasteiger partial charge in [-0.1, -0.05) is 42.1 Å². The first-order valence-electron chi connectivity index (χ1n) is 10.6. The van der Waals surface area contributed by atoms with Crippen LogP contribution >= 0.6 is 11.8 Å². The summed E-state index contributed by atoms with van der Waals surface area (Å²) in [5.41, 5.74) is 1.78. The number of nitrogens with zero attached hydrogens (tertiary/aromatic N) is 4. The molecule has 0 saturated carbocycles. The molecule has 0 aliphatic carbocycles. The van der Waals surface area contributed by atoms with Crippen LogP contribution < -0.4 is 10.2 Å². The van der Waals surface area contributed by atoms with Crippen molar-refractivity contribution in [1.29, 1.82) is 0 Å². The van der Waals surface area contributed by atoms with Crippen LogP contribution in [0.4, 0.5) is 10.3 Å². The maximum atomic E-state index is 13.2. The topological polar surface area (TPSA) is 72.3 Å². The molecule has 1 aliphatic rings. The number of morpholine rings is 1. The first-order valence-corrected chi connectivity index (χ1v) is 11.5. The third-order valence-corrected chi connectivity index (χ3v) is 6.35. The molecular weight excluding hydrogens is 429 g/mol.